The molecule has 0 spiro atoms. The van der Waals surface area contributed by atoms with Gasteiger partial charge in [-0.2, -0.15) is 0 Å². The molecule has 2 rings (SSSR count). The minimum absolute atomic E-state index is 0.0564. The second-order valence-electron chi connectivity index (χ2n) is 4.64. The molecule has 0 bridgehead atoms. The molecule has 1 fully saturated rings. The fourth-order valence-electron chi connectivity index (χ4n) is 2.02. The predicted octanol–water partition coefficient (Wildman–Crippen LogP) is 1.27. The molecular formula is C13H17FN2O3. The molecule has 1 aromatic rings. The van der Waals surface area contributed by atoms with Gasteiger partial charge in [0.15, 0.2) is 0 Å². The number of anilines is 1. The minimum atomic E-state index is -1.26. The van der Waals surface area contributed by atoms with Gasteiger partial charge in [0.05, 0.1) is 18.3 Å². The van der Waals surface area contributed by atoms with Crippen LogP contribution in [-0.2, 0) is 4.74 Å². The largest absolute Gasteiger partial charge is 0.478 e. The van der Waals surface area contributed by atoms with Crippen LogP contribution in [0, 0.1) is 5.82 Å². The molecule has 1 saturated heterocycles. The van der Waals surface area contributed by atoms with Crippen LogP contribution in [0.5, 0.6) is 0 Å². The van der Waals surface area contributed by atoms with E-state index in [1.165, 1.54) is 12.1 Å². The molecule has 5 nitrogen and oxygen atoms in total. The van der Waals surface area contributed by atoms with E-state index in [1.54, 1.807) is 6.07 Å². The van der Waals surface area contributed by atoms with Crippen molar-refractivity contribution in [3.05, 3.63) is 29.6 Å². The summed E-state index contributed by atoms with van der Waals surface area (Å²) in [6, 6.07) is 4.00. The number of halogens is 1. The highest BCUT2D eigenvalue weighted by atomic mass is 19.1. The highest BCUT2D eigenvalue weighted by Gasteiger charge is 2.17. The lowest BCUT2D eigenvalue weighted by Gasteiger charge is -2.30. The lowest BCUT2D eigenvalue weighted by atomic mass is 10.2. The topological polar surface area (TPSA) is 61.8 Å². The van der Waals surface area contributed by atoms with Crippen LogP contribution in [0.1, 0.15) is 10.4 Å². The van der Waals surface area contributed by atoms with Crippen LogP contribution >= 0.6 is 0 Å². The van der Waals surface area contributed by atoms with E-state index in [2.05, 4.69) is 10.2 Å². The average Bonchev–Trinajstić information content (AvgIpc) is 2.36. The van der Waals surface area contributed by atoms with Gasteiger partial charge in [0.1, 0.15) is 5.82 Å². The van der Waals surface area contributed by atoms with E-state index in [0.717, 1.165) is 13.1 Å². The van der Waals surface area contributed by atoms with E-state index >= 15 is 0 Å². The molecule has 1 heterocycles. The summed E-state index contributed by atoms with van der Waals surface area (Å²) in [6.07, 6.45) is 0.0564. The predicted molar refractivity (Wildman–Crippen MR) is 69.1 cm³/mol. The Kier molecular flexibility index (Phi) is 4.34. The van der Waals surface area contributed by atoms with Crippen LogP contribution in [0.15, 0.2) is 18.2 Å². The number of likely N-dealkylation sites (N-methyl/N-ethyl adjacent to an activating group) is 1. The van der Waals surface area contributed by atoms with Crippen molar-refractivity contribution in [3.8, 4) is 0 Å². The molecule has 1 atom stereocenters. The van der Waals surface area contributed by atoms with Gasteiger partial charge in [-0.3, -0.25) is 0 Å². The zero-order valence-electron chi connectivity index (χ0n) is 10.7. The van der Waals surface area contributed by atoms with E-state index in [9.17, 15) is 9.18 Å². The lowest BCUT2D eigenvalue weighted by Crippen LogP contribution is -2.43. The maximum absolute atomic E-state index is 13.5. The number of carbonyl (C=O) groups is 1. The first-order valence-electron chi connectivity index (χ1n) is 6.13. The number of carboxylic acid groups (broad SMARTS) is 1. The number of aromatic carboxylic acids is 1. The third-order valence-electron chi connectivity index (χ3n) is 3.08. The number of nitrogens with one attached hydrogen (secondary N) is 1. The second kappa shape index (κ2) is 5.99. The van der Waals surface area contributed by atoms with Crippen LogP contribution in [0.2, 0.25) is 0 Å². The summed E-state index contributed by atoms with van der Waals surface area (Å²) in [5.41, 5.74) is 0.235. The fraction of sp³-hybridized carbons (Fsp3) is 0.462. The zero-order valence-corrected chi connectivity index (χ0v) is 10.7. The summed E-state index contributed by atoms with van der Waals surface area (Å²) in [4.78, 5) is 12.9. The minimum Gasteiger partial charge on any atom is -0.478 e. The molecule has 104 valence electrons. The Labute approximate surface area is 111 Å². The maximum atomic E-state index is 13.5. The maximum Gasteiger partial charge on any atom is 0.338 e. The van der Waals surface area contributed by atoms with Gasteiger partial charge < -0.3 is 20.1 Å². The molecule has 0 aliphatic carbocycles. The van der Waals surface area contributed by atoms with Crippen molar-refractivity contribution < 1.29 is 19.0 Å². The third-order valence-corrected chi connectivity index (χ3v) is 3.08. The summed E-state index contributed by atoms with van der Waals surface area (Å²) >= 11 is 0. The van der Waals surface area contributed by atoms with Crippen molar-refractivity contribution in [1.82, 2.24) is 4.90 Å². The van der Waals surface area contributed by atoms with Crippen molar-refractivity contribution >= 4 is 11.7 Å². The van der Waals surface area contributed by atoms with Crippen LogP contribution in [-0.4, -0.2) is 55.4 Å². The van der Waals surface area contributed by atoms with Crippen molar-refractivity contribution in [1.29, 1.82) is 0 Å². The van der Waals surface area contributed by atoms with Gasteiger partial charge in [-0.25, -0.2) is 9.18 Å². The summed E-state index contributed by atoms with van der Waals surface area (Å²) in [6.45, 7) is 2.99. The Bertz CT molecular complexity index is 467. The van der Waals surface area contributed by atoms with Gasteiger partial charge in [0, 0.05) is 25.3 Å². The molecule has 0 radical (unpaired) electrons. The van der Waals surface area contributed by atoms with Crippen LogP contribution in [0.3, 0.4) is 0 Å². The van der Waals surface area contributed by atoms with Crippen LogP contribution < -0.4 is 5.32 Å². The smallest absolute Gasteiger partial charge is 0.338 e. The van der Waals surface area contributed by atoms with E-state index < -0.39 is 11.8 Å². The van der Waals surface area contributed by atoms with E-state index in [4.69, 9.17) is 9.84 Å². The molecule has 0 amide bonds. The number of rotatable bonds is 4. The number of hydrogen-bond donors (Lipinski definition) is 2. The third kappa shape index (κ3) is 3.65. The molecule has 0 aromatic heterocycles. The van der Waals surface area contributed by atoms with Crippen LogP contribution in [0.25, 0.3) is 0 Å². The highest BCUT2D eigenvalue weighted by molar-refractivity contribution is 5.88. The Hall–Kier alpha value is -1.66. The Morgan fingerprint density at radius 1 is 1.63 bits per heavy atom. The van der Waals surface area contributed by atoms with Gasteiger partial charge in [-0.15, -0.1) is 0 Å². The van der Waals surface area contributed by atoms with Gasteiger partial charge in [0.25, 0.3) is 0 Å². The normalized spacial score (nSPS) is 20.2. The van der Waals surface area contributed by atoms with Gasteiger partial charge >= 0.3 is 5.97 Å². The molecule has 0 saturated carbocycles. The summed E-state index contributed by atoms with van der Waals surface area (Å²) in [5, 5.41) is 11.8. The van der Waals surface area contributed by atoms with E-state index in [1.807, 2.05) is 7.05 Å². The summed E-state index contributed by atoms with van der Waals surface area (Å²) in [7, 11) is 2.02. The molecule has 2 N–H and O–H groups in total. The van der Waals surface area contributed by atoms with Gasteiger partial charge in [0.2, 0.25) is 0 Å². The van der Waals surface area contributed by atoms with E-state index in [0.29, 0.717) is 18.8 Å². The summed E-state index contributed by atoms with van der Waals surface area (Å²) < 4.78 is 19.0. The van der Waals surface area contributed by atoms with Crippen molar-refractivity contribution in [2.24, 2.45) is 0 Å². The standard InChI is InChI=1S/C13H17FN2O3/c1-16-4-5-19-10(8-16)7-15-9-2-3-11(13(17)18)12(14)6-9/h2-3,6,10,15H,4-5,7-8H2,1H3,(H,17,18). The quantitative estimate of drug-likeness (QED) is 0.861. The number of hydrogen-bond acceptors (Lipinski definition) is 4. The second-order valence-corrected chi connectivity index (χ2v) is 4.64. The van der Waals surface area contributed by atoms with Crippen molar-refractivity contribution in [3.63, 3.8) is 0 Å². The van der Waals surface area contributed by atoms with E-state index in [-0.39, 0.29) is 11.7 Å². The zero-order chi connectivity index (χ0) is 13.8. The number of carboxylic acids is 1. The van der Waals surface area contributed by atoms with Crippen LogP contribution in [0.4, 0.5) is 10.1 Å². The SMILES string of the molecule is CN1CCOC(CNc2ccc(C(=O)O)c(F)c2)C1. The van der Waals surface area contributed by atoms with Gasteiger partial charge in [-0.1, -0.05) is 0 Å². The number of ether oxygens (including phenoxy) is 1. The molecule has 1 unspecified atom stereocenters. The number of nitrogens with zero attached hydrogens (tertiary/aromatic N) is 1. The first-order chi connectivity index (χ1) is 9.06. The number of benzene rings is 1. The molecule has 19 heavy (non-hydrogen) atoms. The Morgan fingerprint density at radius 2 is 2.42 bits per heavy atom. The first kappa shape index (κ1) is 13.8. The molecule has 1 aromatic carbocycles. The lowest BCUT2D eigenvalue weighted by molar-refractivity contribution is -0.0117. The molecule has 1 aliphatic heterocycles. The molecule has 6 heteroatoms. The fourth-order valence-corrected chi connectivity index (χ4v) is 2.02. The Balaban J connectivity index is 1.92. The molecule has 1 aliphatic rings. The monoisotopic (exact) mass is 268 g/mol. The first-order valence-corrected chi connectivity index (χ1v) is 6.13. The van der Waals surface area contributed by atoms with Crippen molar-refractivity contribution in [2.75, 3.05) is 38.6 Å². The van der Waals surface area contributed by atoms with Gasteiger partial charge in [-0.05, 0) is 25.2 Å². The highest BCUT2D eigenvalue weighted by Crippen LogP contribution is 2.15. The van der Waals surface area contributed by atoms with Crippen molar-refractivity contribution in [2.45, 2.75) is 6.10 Å². The number of morpholine rings is 1. The average molecular weight is 268 g/mol. The molecular weight excluding hydrogens is 251 g/mol. The summed E-state index contributed by atoms with van der Waals surface area (Å²) in [5.74, 6) is -2.00. The Morgan fingerprint density at radius 3 is 3.05 bits per heavy atom.